The lowest BCUT2D eigenvalue weighted by Gasteiger charge is -2.04. The molecule has 0 spiro atoms. The molecule has 1 unspecified atom stereocenters. The van der Waals surface area contributed by atoms with E-state index in [1.165, 1.54) is 0 Å². The van der Waals surface area contributed by atoms with E-state index in [9.17, 15) is 4.39 Å². The molecule has 1 atom stereocenters. The Morgan fingerprint density at radius 1 is 1.50 bits per heavy atom. The summed E-state index contributed by atoms with van der Waals surface area (Å²) in [6, 6.07) is 0. The lowest BCUT2D eigenvalue weighted by Crippen LogP contribution is -2.19. The summed E-state index contributed by atoms with van der Waals surface area (Å²) in [6.07, 6.45) is 2.15. The van der Waals surface area contributed by atoms with Gasteiger partial charge in [0.25, 0.3) is 0 Å². The fourth-order valence-electron chi connectivity index (χ4n) is 0.749. The minimum atomic E-state index is -0.644. The van der Waals surface area contributed by atoms with Gasteiger partial charge in [-0.2, -0.15) is 0 Å². The maximum atomic E-state index is 12.5. The summed E-state index contributed by atoms with van der Waals surface area (Å²) in [5.41, 5.74) is 0. The maximum absolute atomic E-state index is 12.5. The van der Waals surface area contributed by atoms with Gasteiger partial charge < -0.3 is 5.32 Å². The van der Waals surface area contributed by atoms with Gasteiger partial charge in [-0.05, 0) is 13.5 Å². The first kappa shape index (κ1) is 12.8. The van der Waals surface area contributed by atoms with Gasteiger partial charge in [0.2, 0.25) is 0 Å². The van der Waals surface area contributed by atoms with Crippen molar-refractivity contribution in [3.63, 3.8) is 0 Å². The van der Waals surface area contributed by atoms with Gasteiger partial charge in [-0.25, -0.2) is 4.39 Å². The van der Waals surface area contributed by atoms with Crippen LogP contribution in [0.25, 0.3) is 0 Å². The highest BCUT2D eigenvalue weighted by Gasteiger charge is 2.01. The molecule has 0 aliphatic rings. The summed E-state index contributed by atoms with van der Waals surface area (Å²) in [4.78, 5) is 0. The molecular weight excluding hydrogens is 153 g/mol. The third kappa shape index (κ3) is 8.18. The Morgan fingerprint density at radius 3 is 2.50 bits per heavy atom. The Balaban J connectivity index is 0. The largest absolute Gasteiger partial charge is 0.317 e. The fraction of sp³-hybridized carbons (Fsp3) is 1.00. The highest BCUT2D eigenvalue weighted by Crippen LogP contribution is 2.02. The topological polar surface area (TPSA) is 12.0 Å². The lowest BCUT2D eigenvalue weighted by atomic mass is 10.2. The molecule has 0 aliphatic heterocycles. The van der Waals surface area contributed by atoms with Crippen molar-refractivity contribution in [1.29, 1.82) is 0 Å². The van der Waals surface area contributed by atoms with Crippen molar-refractivity contribution in [3.05, 3.63) is 0 Å². The second-order valence-corrected chi connectivity index (χ2v) is 2.30. The Bertz CT molecular complexity index is 61.6. The molecule has 0 radical (unpaired) electrons. The van der Waals surface area contributed by atoms with E-state index in [0.717, 1.165) is 12.8 Å². The van der Waals surface area contributed by atoms with E-state index >= 15 is 0 Å². The van der Waals surface area contributed by atoms with Crippen LogP contribution in [0.5, 0.6) is 0 Å². The lowest BCUT2D eigenvalue weighted by molar-refractivity contribution is 0.301. The average Bonchev–Trinajstić information content (AvgIpc) is 1.85. The van der Waals surface area contributed by atoms with E-state index in [1.807, 2.05) is 0 Å². The first-order valence-corrected chi connectivity index (χ1v) is 3.60. The monoisotopic (exact) mass is 169 g/mol. The van der Waals surface area contributed by atoms with Crippen LogP contribution in [0.1, 0.15) is 26.2 Å². The molecule has 0 aromatic rings. The summed E-state index contributed by atoms with van der Waals surface area (Å²) >= 11 is 0. The van der Waals surface area contributed by atoms with Crippen LogP contribution in [-0.4, -0.2) is 19.8 Å². The predicted molar refractivity (Wildman–Crippen MR) is 45.6 cm³/mol. The zero-order valence-electron chi connectivity index (χ0n) is 6.69. The van der Waals surface area contributed by atoms with Crippen LogP contribution in [0.15, 0.2) is 0 Å². The fourth-order valence-corrected chi connectivity index (χ4v) is 0.749. The number of halogens is 2. The second-order valence-electron chi connectivity index (χ2n) is 2.30. The number of hydrogen-bond donors (Lipinski definition) is 1. The molecule has 0 amide bonds. The molecule has 0 aromatic heterocycles. The van der Waals surface area contributed by atoms with Gasteiger partial charge >= 0.3 is 0 Å². The molecule has 0 saturated carbocycles. The van der Waals surface area contributed by atoms with Gasteiger partial charge in [-0.3, -0.25) is 0 Å². The van der Waals surface area contributed by atoms with Crippen molar-refractivity contribution in [2.75, 3.05) is 13.6 Å². The van der Waals surface area contributed by atoms with Crippen molar-refractivity contribution in [2.45, 2.75) is 32.4 Å². The number of rotatable bonds is 5. The molecule has 0 aliphatic carbocycles. The molecular formula is C7H17ClFN. The molecule has 0 aromatic carbocycles. The van der Waals surface area contributed by atoms with Gasteiger partial charge in [0.1, 0.15) is 6.17 Å². The van der Waals surface area contributed by atoms with E-state index in [-0.39, 0.29) is 12.4 Å². The second kappa shape index (κ2) is 9.18. The number of nitrogens with one attached hydrogen (secondary N) is 1. The quantitative estimate of drug-likeness (QED) is 0.665. The molecule has 0 heterocycles. The molecule has 3 heteroatoms. The number of alkyl halides is 1. The molecule has 1 N–H and O–H groups in total. The molecule has 0 fully saturated rings. The van der Waals surface area contributed by atoms with Crippen LogP contribution in [0, 0.1) is 0 Å². The summed E-state index contributed by atoms with van der Waals surface area (Å²) in [6.45, 7) is 2.58. The van der Waals surface area contributed by atoms with Crippen molar-refractivity contribution < 1.29 is 4.39 Å². The van der Waals surface area contributed by atoms with Crippen molar-refractivity contribution in [1.82, 2.24) is 5.32 Å². The average molecular weight is 170 g/mol. The third-order valence-corrected chi connectivity index (χ3v) is 1.30. The van der Waals surface area contributed by atoms with Gasteiger partial charge in [-0.1, -0.05) is 19.8 Å². The van der Waals surface area contributed by atoms with Crippen molar-refractivity contribution in [3.8, 4) is 0 Å². The van der Waals surface area contributed by atoms with Crippen LogP contribution < -0.4 is 5.32 Å². The third-order valence-electron chi connectivity index (χ3n) is 1.30. The van der Waals surface area contributed by atoms with Crippen molar-refractivity contribution >= 4 is 12.4 Å². The van der Waals surface area contributed by atoms with Gasteiger partial charge in [0.05, 0.1) is 0 Å². The van der Waals surface area contributed by atoms with Crippen LogP contribution in [0.2, 0.25) is 0 Å². The zero-order chi connectivity index (χ0) is 7.11. The van der Waals surface area contributed by atoms with E-state index in [2.05, 4.69) is 12.2 Å². The standard InChI is InChI=1S/C7H16FN.ClH/c1-3-4-5-7(8)6-9-2;/h7,9H,3-6H2,1-2H3;1H. The van der Waals surface area contributed by atoms with Crippen molar-refractivity contribution in [2.24, 2.45) is 0 Å². The smallest absolute Gasteiger partial charge is 0.112 e. The number of hydrogen-bond acceptors (Lipinski definition) is 1. The molecule has 1 nitrogen and oxygen atoms in total. The summed E-state index contributed by atoms with van der Waals surface area (Å²) in [5, 5.41) is 2.80. The van der Waals surface area contributed by atoms with E-state index in [1.54, 1.807) is 7.05 Å². The van der Waals surface area contributed by atoms with Crippen LogP contribution in [0.4, 0.5) is 4.39 Å². The summed E-state index contributed by atoms with van der Waals surface area (Å²) in [7, 11) is 1.78. The van der Waals surface area contributed by atoms with Gasteiger partial charge in [0.15, 0.2) is 0 Å². The Labute approximate surface area is 68.8 Å². The van der Waals surface area contributed by atoms with Crippen LogP contribution in [0.3, 0.4) is 0 Å². The SMILES string of the molecule is CCCCC(F)CNC.Cl. The number of unbranched alkanes of at least 4 members (excludes halogenated alkanes) is 1. The highest BCUT2D eigenvalue weighted by molar-refractivity contribution is 5.85. The first-order chi connectivity index (χ1) is 4.31. The van der Waals surface area contributed by atoms with E-state index in [0.29, 0.717) is 13.0 Å². The summed E-state index contributed by atoms with van der Waals surface area (Å²) < 4.78 is 12.5. The first-order valence-electron chi connectivity index (χ1n) is 3.60. The maximum Gasteiger partial charge on any atom is 0.112 e. The van der Waals surface area contributed by atoms with Crippen LogP contribution >= 0.6 is 12.4 Å². The predicted octanol–water partition coefficient (Wildman–Crippen LogP) is 2.16. The van der Waals surface area contributed by atoms with E-state index in [4.69, 9.17) is 0 Å². The molecule has 0 saturated heterocycles. The molecule has 64 valence electrons. The Hall–Kier alpha value is 0.180. The minimum Gasteiger partial charge on any atom is -0.317 e. The summed E-state index contributed by atoms with van der Waals surface area (Å²) in [5.74, 6) is 0. The Morgan fingerprint density at radius 2 is 2.10 bits per heavy atom. The molecule has 0 bridgehead atoms. The molecule has 0 rings (SSSR count). The normalized spacial score (nSPS) is 12.3. The zero-order valence-corrected chi connectivity index (χ0v) is 7.51. The van der Waals surface area contributed by atoms with Crippen LogP contribution in [-0.2, 0) is 0 Å². The molecule has 10 heavy (non-hydrogen) atoms. The van der Waals surface area contributed by atoms with Gasteiger partial charge in [-0.15, -0.1) is 12.4 Å². The van der Waals surface area contributed by atoms with Gasteiger partial charge in [0, 0.05) is 6.54 Å². The highest BCUT2D eigenvalue weighted by atomic mass is 35.5. The van der Waals surface area contributed by atoms with E-state index < -0.39 is 6.17 Å². The Kier molecular flexibility index (Phi) is 11.8. The minimum absolute atomic E-state index is 0.